The molecule has 0 bridgehead atoms. The first-order valence-corrected chi connectivity index (χ1v) is 4.20. The van der Waals surface area contributed by atoms with Crippen LogP contribution >= 0.6 is 0 Å². The summed E-state index contributed by atoms with van der Waals surface area (Å²) in [5, 5.41) is 7.60. The van der Waals surface area contributed by atoms with Crippen LogP contribution in [-0.4, -0.2) is 14.9 Å². The molecule has 14 heavy (non-hydrogen) atoms. The zero-order chi connectivity index (χ0) is 10.1. The molecule has 2 aromatic rings. The van der Waals surface area contributed by atoms with Gasteiger partial charge in [0.2, 0.25) is 0 Å². The van der Waals surface area contributed by atoms with Crippen LogP contribution in [0.1, 0.15) is 5.56 Å². The van der Waals surface area contributed by atoms with Crippen LogP contribution in [0.5, 0.6) is 0 Å². The zero-order valence-corrected chi connectivity index (χ0v) is 7.81. The molecule has 0 aliphatic rings. The summed E-state index contributed by atoms with van der Waals surface area (Å²) in [6, 6.07) is 5.71. The predicted molar refractivity (Wildman–Crippen MR) is 54.8 cm³/mol. The lowest BCUT2D eigenvalue weighted by atomic mass is 10.1. The van der Waals surface area contributed by atoms with E-state index < -0.39 is 0 Å². The first kappa shape index (κ1) is 8.55. The number of nitrogens with two attached hydrogens (primary N) is 2. The van der Waals surface area contributed by atoms with Crippen molar-refractivity contribution in [3.63, 3.8) is 0 Å². The Morgan fingerprint density at radius 3 is 2.79 bits per heavy atom. The van der Waals surface area contributed by atoms with Gasteiger partial charge in [-0.25, -0.2) is 4.68 Å². The molecule has 0 radical (unpaired) electrons. The lowest BCUT2D eigenvalue weighted by Gasteiger charge is -2.05. The quantitative estimate of drug-likeness (QED) is 0.507. The molecule has 0 saturated heterocycles. The van der Waals surface area contributed by atoms with E-state index in [1.165, 1.54) is 11.0 Å². The number of hydrogen-bond acceptors (Lipinski definition) is 4. The molecular weight excluding hydrogens is 178 g/mol. The molecule has 5 nitrogen and oxygen atoms in total. The van der Waals surface area contributed by atoms with Crippen LogP contribution in [0.3, 0.4) is 0 Å². The molecule has 0 fully saturated rings. The Kier molecular flexibility index (Phi) is 1.85. The minimum absolute atomic E-state index is 0.575. The van der Waals surface area contributed by atoms with Crippen LogP contribution in [0.15, 0.2) is 24.5 Å². The number of aryl methyl sites for hydroxylation is 1. The van der Waals surface area contributed by atoms with E-state index in [0.717, 1.165) is 11.1 Å². The van der Waals surface area contributed by atoms with Crippen molar-refractivity contribution in [2.75, 3.05) is 11.6 Å². The van der Waals surface area contributed by atoms with Crippen molar-refractivity contribution in [3.8, 4) is 11.4 Å². The number of benzene rings is 1. The number of nitrogens with zero attached hydrogens (tertiary/aromatic N) is 3. The molecule has 0 aliphatic heterocycles. The molecule has 1 aromatic heterocycles. The summed E-state index contributed by atoms with van der Waals surface area (Å²) in [7, 11) is 0. The van der Waals surface area contributed by atoms with Crippen LogP contribution in [0.4, 0.5) is 5.69 Å². The summed E-state index contributed by atoms with van der Waals surface area (Å²) in [5.74, 6) is 6.20. The molecule has 0 atom stereocenters. The Labute approximate surface area is 81.3 Å². The molecular formula is C9H11N5. The van der Waals surface area contributed by atoms with Crippen LogP contribution in [0, 0.1) is 6.92 Å². The Bertz CT molecular complexity index is 460. The molecule has 0 spiro atoms. The van der Waals surface area contributed by atoms with Crippen LogP contribution < -0.4 is 11.6 Å². The van der Waals surface area contributed by atoms with Gasteiger partial charge in [-0.15, -0.1) is 10.2 Å². The van der Waals surface area contributed by atoms with Gasteiger partial charge in [-0.1, -0.05) is 11.6 Å². The van der Waals surface area contributed by atoms with Crippen molar-refractivity contribution in [1.29, 1.82) is 0 Å². The van der Waals surface area contributed by atoms with Crippen LogP contribution in [-0.2, 0) is 0 Å². The zero-order valence-electron chi connectivity index (χ0n) is 7.81. The van der Waals surface area contributed by atoms with Gasteiger partial charge in [-0.05, 0) is 19.1 Å². The van der Waals surface area contributed by atoms with E-state index in [1.807, 2.05) is 25.1 Å². The SMILES string of the molecule is Cc1ccc(N)c(-c2nncn2N)c1. The second-order valence-corrected chi connectivity index (χ2v) is 3.15. The van der Waals surface area contributed by atoms with Gasteiger partial charge in [-0.2, -0.15) is 0 Å². The second-order valence-electron chi connectivity index (χ2n) is 3.15. The maximum Gasteiger partial charge on any atom is 0.184 e. The van der Waals surface area contributed by atoms with Crippen molar-refractivity contribution in [2.45, 2.75) is 6.92 Å². The van der Waals surface area contributed by atoms with E-state index >= 15 is 0 Å². The Morgan fingerprint density at radius 2 is 2.14 bits per heavy atom. The van der Waals surface area contributed by atoms with Crippen LogP contribution in [0.25, 0.3) is 11.4 Å². The molecule has 1 aromatic carbocycles. The summed E-state index contributed by atoms with van der Waals surface area (Å²) >= 11 is 0. The normalized spacial score (nSPS) is 10.4. The van der Waals surface area contributed by atoms with E-state index in [4.69, 9.17) is 11.6 Å². The van der Waals surface area contributed by atoms with E-state index in [2.05, 4.69) is 10.2 Å². The molecule has 5 heteroatoms. The van der Waals surface area contributed by atoms with Crippen LogP contribution in [0.2, 0.25) is 0 Å². The average Bonchev–Trinajstić information content (AvgIpc) is 2.56. The average molecular weight is 189 g/mol. The lowest BCUT2D eigenvalue weighted by molar-refractivity contribution is 1.01. The summed E-state index contributed by atoms with van der Waals surface area (Å²) < 4.78 is 1.35. The van der Waals surface area contributed by atoms with Gasteiger partial charge in [-0.3, -0.25) is 0 Å². The fraction of sp³-hybridized carbons (Fsp3) is 0.111. The smallest absolute Gasteiger partial charge is 0.184 e. The maximum absolute atomic E-state index is 5.81. The third-order valence-electron chi connectivity index (χ3n) is 2.02. The molecule has 0 aliphatic carbocycles. The Hall–Kier alpha value is -2.04. The second kappa shape index (κ2) is 3.02. The van der Waals surface area contributed by atoms with E-state index in [1.54, 1.807) is 0 Å². The number of aromatic nitrogens is 3. The minimum Gasteiger partial charge on any atom is -0.398 e. The fourth-order valence-electron chi connectivity index (χ4n) is 1.30. The maximum atomic E-state index is 5.81. The van der Waals surface area contributed by atoms with E-state index in [9.17, 15) is 0 Å². The predicted octanol–water partition coefficient (Wildman–Crippen LogP) is 0.550. The van der Waals surface area contributed by atoms with E-state index in [-0.39, 0.29) is 0 Å². The third-order valence-corrected chi connectivity index (χ3v) is 2.02. The topological polar surface area (TPSA) is 82.8 Å². The van der Waals surface area contributed by atoms with E-state index in [0.29, 0.717) is 11.5 Å². The van der Waals surface area contributed by atoms with Gasteiger partial charge in [0.05, 0.1) is 0 Å². The highest BCUT2D eigenvalue weighted by Crippen LogP contribution is 2.23. The van der Waals surface area contributed by atoms with Gasteiger partial charge >= 0.3 is 0 Å². The lowest BCUT2D eigenvalue weighted by Crippen LogP contribution is -2.09. The van der Waals surface area contributed by atoms with Gasteiger partial charge in [0.1, 0.15) is 6.33 Å². The highest BCUT2D eigenvalue weighted by molar-refractivity contribution is 5.72. The summed E-state index contributed by atoms with van der Waals surface area (Å²) in [4.78, 5) is 0. The Morgan fingerprint density at radius 1 is 1.36 bits per heavy atom. The fourth-order valence-corrected chi connectivity index (χ4v) is 1.30. The number of anilines is 1. The molecule has 72 valence electrons. The van der Waals surface area contributed by atoms with Crippen molar-refractivity contribution < 1.29 is 0 Å². The third kappa shape index (κ3) is 1.28. The largest absolute Gasteiger partial charge is 0.398 e. The monoisotopic (exact) mass is 189 g/mol. The number of nitrogen functional groups attached to an aromatic ring is 2. The van der Waals surface area contributed by atoms with Crippen molar-refractivity contribution >= 4 is 5.69 Å². The van der Waals surface area contributed by atoms with Crippen molar-refractivity contribution in [3.05, 3.63) is 30.1 Å². The standard InChI is InChI=1S/C9H11N5/c1-6-2-3-8(10)7(4-6)9-13-12-5-14(9)11/h2-5H,10-11H2,1H3. The van der Waals surface area contributed by atoms with Crippen molar-refractivity contribution in [1.82, 2.24) is 14.9 Å². The first-order chi connectivity index (χ1) is 6.68. The highest BCUT2D eigenvalue weighted by Gasteiger charge is 2.08. The molecule has 4 N–H and O–H groups in total. The first-order valence-electron chi connectivity index (χ1n) is 4.20. The van der Waals surface area contributed by atoms with Gasteiger partial charge in [0.25, 0.3) is 0 Å². The minimum atomic E-state index is 0.575. The summed E-state index contributed by atoms with van der Waals surface area (Å²) in [6.07, 6.45) is 1.44. The number of hydrogen-bond donors (Lipinski definition) is 2. The molecule has 0 amide bonds. The van der Waals surface area contributed by atoms with Gasteiger partial charge in [0, 0.05) is 11.3 Å². The Balaban J connectivity index is 2.62. The highest BCUT2D eigenvalue weighted by atomic mass is 15.4. The summed E-state index contributed by atoms with van der Waals surface area (Å²) in [6.45, 7) is 1.99. The van der Waals surface area contributed by atoms with Gasteiger partial charge in [0.15, 0.2) is 5.82 Å². The molecule has 2 rings (SSSR count). The molecule has 0 unspecified atom stereocenters. The summed E-state index contributed by atoms with van der Waals surface area (Å²) in [5.41, 5.74) is 8.38. The molecule has 1 heterocycles. The number of rotatable bonds is 1. The van der Waals surface area contributed by atoms with Gasteiger partial charge < -0.3 is 11.6 Å². The molecule has 0 saturated carbocycles. The van der Waals surface area contributed by atoms with Crippen molar-refractivity contribution in [2.24, 2.45) is 0 Å².